The van der Waals surface area contributed by atoms with Crippen LogP contribution in [0.5, 0.6) is 0 Å². The number of benzene rings is 1. The number of hydrogen-bond acceptors (Lipinski definition) is 5. The number of nitrogens with zero attached hydrogens (tertiary/aromatic N) is 3. The molecule has 3 aliphatic heterocycles. The number of amides is 3. The van der Waals surface area contributed by atoms with Crippen molar-refractivity contribution in [3.05, 3.63) is 54.1 Å². The molecule has 3 heterocycles. The molecule has 1 spiro atoms. The number of aliphatic hydroxyl groups is 1. The quantitative estimate of drug-likeness (QED) is 0.354. The van der Waals surface area contributed by atoms with Gasteiger partial charge in [-0.25, -0.2) is 0 Å². The van der Waals surface area contributed by atoms with Gasteiger partial charge in [0.2, 0.25) is 11.8 Å². The van der Waals surface area contributed by atoms with E-state index in [1.807, 2.05) is 32.9 Å². The highest BCUT2D eigenvalue weighted by molar-refractivity contribution is 8.02. The van der Waals surface area contributed by atoms with E-state index in [2.05, 4.69) is 20.1 Å². The lowest BCUT2D eigenvalue weighted by atomic mass is 9.66. The molecule has 40 heavy (non-hydrogen) atoms. The number of aryl methyl sites for hydroxylation is 1. The third-order valence-corrected chi connectivity index (χ3v) is 11.3. The first-order valence-corrected chi connectivity index (χ1v) is 15.5. The van der Waals surface area contributed by atoms with Gasteiger partial charge in [0.25, 0.3) is 5.91 Å². The Kier molecular flexibility index (Phi) is 9.13. The average Bonchev–Trinajstić information content (AvgIpc) is 3.49. The Morgan fingerprint density at radius 3 is 2.50 bits per heavy atom. The second-order valence-corrected chi connectivity index (χ2v) is 13.7. The summed E-state index contributed by atoms with van der Waals surface area (Å²) >= 11 is 8.29. The summed E-state index contributed by atoms with van der Waals surface area (Å²) in [5.41, 5.74) is 1.43. The molecule has 0 radical (unpaired) electrons. The topological polar surface area (TPSA) is 81.2 Å². The third-order valence-electron chi connectivity index (χ3n) is 8.98. The molecule has 218 valence electrons. The van der Waals surface area contributed by atoms with Crippen molar-refractivity contribution in [3.8, 4) is 0 Å². The maximum atomic E-state index is 14.8. The molecular weight excluding hydrogens is 546 g/mol. The molecule has 1 aromatic rings. The van der Waals surface area contributed by atoms with Crippen LogP contribution in [0.4, 0.5) is 5.69 Å². The van der Waals surface area contributed by atoms with Crippen LogP contribution in [0.1, 0.15) is 52.0 Å². The van der Waals surface area contributed by atoms with Gasteiger partial charge in [0, 0.05) is 24.4 Å². The molecule has 3 saturated heterocycles. The van der Waals surface area contributed by atoms with Gasteiger partial charge in [-0.1, -0.05) is 49.7 Å². The van der Waals surface area contributed by atoms with E-state index in [9.17, 15) is 19.5 Å². The number of anilines is 1. The number of likely N-dealkylation sites (tertiary alicyclic amines) is 1. The highest BCUT2D eigenvalue weighted by Crippen LogP contribution is 2.72. The van der Waals surface area contributed by atoms with Gasteiger partial charge in [0.15, 0.2) is 0 Å². The Labute approximate surface area is 247 Å². The van der Waals surface area contributed by atoms with Crippen LogP contribution in [-0.2, 0) is 14.4 Å². The Hall–Kier alpha value is -2.29. The number of rotatable bonds is 12. The second-order valence-electron chi connectivity index (χ2n) is 11.4. The SMILES string of the molecule is C=CCN(CCC)C(=O)[C@H]1[C@H]2C(=O)N([C@@H](CC)CO)C(C(=O)N(CC=C)c3c(C)cccc3Cl)C23CC[C@]1(C)S3. The van der Waals surface area contributed by atoms with Crippen LogP contribution in [-0.4, -0.2) is 80.4 Å². The minimum absolute atomic E-state index is 0.0494. The molecule has 2 unspecified atom stereocenters. The van der Waals surface area contributed by atoms with Gasteiger partial charge in [-0.05, 0) is 51.2 Å². The predicted octanol–water partition coefficient (Wildman–Crippen LogP) is 4.84. The first-order chi connectivity index (χ1) is 19.1. The van der Waals surface area contributed by atoms with Crippen molar-refractivity contribution in [2.24, 2.45) is 11.8 Å². The van der Waals surface area contributed by atoms with Gasteiger partial charge in [-0.2, -0.15) is 0 Å². The van der Waals surface area contributed by atoms with E-state index in [0.29, 0.717) is 36.6 Å². The first kappa shape index (κ1) is 30.7. The Balaban J connectivity index is 1.87. The monoisotopic (exact) mass is 587 g/mol. The van der Waals surface area contributed by atoms with E-state index >= 15 is 0 Å². The van der Waals surface area contributed by atoms with E-state index in [1.165, 1.54) is 0 Å². The minimum Gasteiger partial charge on any atom is -0.394 e. The van der Waals surface area contributed by atoms with Crippen molar-refractivity contribution >= 4 is 46.8 Å². The maximum Gasteiger partial charge on any atom is 0.251 e. The number of carbonyl (C=O) groups is 3. The average molecular weight is 588 g/mol. The number of carbonyl (C=O) groups excluding carboxylic acids is 3. The molecule has 2 bridgehead atoms. The van der Waals surface area contributed by atoms with Crippen molar-refractivity contribution < 1.29 is 19.5 Å². The van der Waals surface area contributed by atoms with Gasteiger partial charge in [-0.3, -0.25) is 14.4 Å². The Bertz CT molecular complexity index is 1170. The summed E-state index contributed by atoms with van der Waals surface area (Å²) in [6, 6.07) is 4.11. The zero-order valence-electron chi connectivity index (χ0n) is 24.1. The van der Waals surface area contributed by atoms with Crippen molar-refractivity contribution in [2.75, 3.05) is 31.1 Å². The van der Waals surface area contributed by atoms with Gasteiger partial charge in [-0.15, -0.1) is 24.9 Å². The van der Waals surface area contributed by atoms with Crippen LogP contribution < -0.4 is 4.90 Å². The maximum absolute atomic E-state index is 14.8. The van der Waals surface area contributed by atoms with Gasteiger partial charge >= 0.3 is 0 Å². The molecular formula is C31H42ClN3O4S. The number of hydrogen-bond donors (Lipinski definition) is 1. The largest absolute Gasteiger partial charge is 0.394 e. The van der Waals surface area contributed by atoms with E-state index < -0.39 is 33.4 Å². The zero-order valence-corrected chi connectivity index (χ0v) is 25.6. The van der Waals surface area contributed by atoms with Crippen LogP contribution in [0.3, 0.4) is 0 Å². The number of para-hydroxylation sites is 1. The fraction of sp³-hybridized carbons (Fsp3) is 0.581. The lowest BCUT2D eigenvalue weighted by molar-refractivity contribution is -0.146. The fourth-order valence-electron chi connectivity index (χ4n) is 7.27. The molecule has 0 aromatic heterocycles. The molecule has 9 heteroatoms. The molecule has 6 atom stereocenters. The van der Waals surface area contributed by atoms with E-state index in [0.717, 1.165) is 18.4 Å². The first-order valence-electron chi connectivity index (χ1n) is 14.3. The summed E-state index contributed by atoms with van der Waals surface area (Å²) < 4.78 is -1.26. The zero-order chi connectivity index (χ0) is 29.4. The number of halogens is 1. The summed E-state index contributed by atoms with van der Waals surface area (Å²) in [5.74, 6) is -1.72. The molecule has 3 amide bonds. The Morgan fingerprint density at radius 1 is 1.23 bits per heavy atom. The predicted molar refractivity (Wildman–Crippen MR) is 163 cm³/mol. The summed E-state index contributed by atoms with van der Waals surface area (Å²) in [6.45, 7) is 16.6. The summed E-state index contributed by atoms with van der Waals surface area (Å²) in [7, 11) is 0. The van der Waals surface area contributed by atoms with Crippen LogP contribution in [0.2, 0.25) is 5.02 Å². The molecule has 1 aromatic carbocycles. The lowest BCUT2D eigenvalue weighted by Gasteiger charge is -2.40. The molecule has 0 saturated carbocycles. The summed E-state index contributed by atoms with van der Waals surface area (Å²) in [5, 5.41) is 10.8. The molecule has 4 rings (SSSR count). The van der Waals surface area contributed by atoms with Gasteiger partial charge in [0.1, 0.15) is 6.04 Å². The van der Waals surface area contributed by atoms with Gasteiger partial charge in [0.05, 0.1) is 39.9 Å². The van der Waals surface area contributed by atoms with Crippen molar-refractivity contribution in [3.63, 3.8) is 0 Å². The second kappa shape index (κ2) is 11.9. The van der Waals surface area contributed by atoms with Crippen LogP contribution >= 0.6 is 23.4 Å². The summed E-state index contributed by atoms with van der Waals surface area (Å²) in [6.07, 6.45) is 6.03. The number of thioether (sulfide) groups is 1. The smallest absolute Gasteiger partial charge is 0.251 e. The lowest BCUT2D eigenvalue weighted by Crippen LogP contribution is -2.57. The number of aliphatic hydroxyl groups excluding tert-OH is 1. The van der Waals surface area contributed by atoms with E-state index in [4.69, 9.17) is 11.6 Å². The van der Waals surface area contributed by atoms with Gasteiger partial charge < -0.3 is 19.8 Å². The van der Waals surface area contributed by atoms with Crippen LogP contribution in [0.15, 0.2) is 43.5 Å². The fourth-order valence-corrected chi connectivity index (χ4v) is 9.93. The molecule has 7 nitrogen and oxygen atoms in total. The number of fused-ring (bicyclic) bond motifs is 1. The molecule has 0 aliphatic carbocycles. The standard InChI is InChI=1S/C31H42ClN3O4S/c1-7-16-33(17-8-2)27(37)23-24-28(38)35(21(10-4)19-36)26(31(24)15-14-30(23,6)40-31)29(39)34(18-9-3)25-20(5)12-11-13-22(25)32/h7,9,11-13,21,23-24,26,36H,1,3,8,10,14-19H2,2,4-6H3/t21-,23+,24-,26?,30-,31?/m0/s1. The van der Waals surface area contributed by atoms with Crippen molar-refractivity contribution in [2.45, 2.75) is 75.0 Å². The highest BCUT2D eigenvalue weighted by atomic mass is 35.5. The van der Waals surface area contributed by atoms with Crippen molar-refractivity contribution in [1.29, 1.82) is 0 Å². The van der Waals surface area contributed by atoms with Crippen molar-refractivity contribution in [1.82, 2.24) is 9.80 Å². The van der Waals surface area contributed by atoms with Crippen LogP contribution in [0, 0.1) is 18.8 Å². The third kappa shape index (κ3) is 4.70. The van der Waals surface area contributed by atoms with Crippen LogP contribution in [0.25, 0.3) is 0 Å². The molecule has 3 fully saturated rings. The van der Waals surface area contributed by atoms with E-state index in [-0.39, 0.29) is 30.9 Å². The normalized spacial score (nSPS) is 29.3. The minimum atomic E-state index is -0.846. The highest BCUT2D eigenvalue weighted by Gasteiger charge is 2.78. The molecule has 3 aliphatic rings. The summed E-state index contributed by atoms with van der Waals surface area (Å²) in [4.78, 5) is 48.5. The Morgan fingerprint density at radius 2 is 1.93 bits per heavy atom. The van der Waals surface area contributed by atoms with E-state index in [1.54, 1.807) is 44.7 Å². The molecule has 1 N–H and O–H groups in total.